The fraction of sp³-hybridized carbons (Fsp3) is 0.344. The predicted molar refractivity (Wildman–Crippen MR) is 175 cm³/mol. The van der Waals surface area contributed by atoms with E-state index in [9.17, 15) is 38.3 Å². The number of aromatic nitrogens is 2. The van der Waals surface area contributed by atoms with Crippen molar-refractivity contribution >= 4 is 58.4 Å². The van der Waals surface area contributed by atoms with Gasteiger partial charge in [0.2, 0.25) is 11.8 Å². The number of unbranched alkanes of at least 4 members (excludes halogenated alkanes) is 2. The number of aliphatic carboxylic acids is 1. The molecule has 0 fully saturated rings. The van der Waals surface area contributed by atoms with E-state index in [0.29, 0.717) is 6.42 Å². The highest BCUT2D eigenvalue weighted by atomic mass is 35.5. The number of carbonyl (C=O) groups excluding carboxylic acids is 4. The summed E-state index contributed by atoms with van der Waals surface area (Å²) in [5, 5.41) is 14.1. The molecule has 1 heterocycles. The molecular weight excluding hydrogens is 672 g/mol. The van der Waals surface area contributed by atoms with Gasteiger partial charge in [0.25, 0.3) is 5.56 Å². The summed E-state index contributed by atoms with van der Waals surface area (Å²) in [6.07, 6.45) is 2.64. The quantitative estimate of drug-likeness (QED) is 0.138. The third-order valence-corrected chi connectivity index (χ3v) is 7.48. The number of amides is 2. The number of ether oxygens (including phenoxy) is 1. The molecule has 2 aromatic carbocycles. The lowest BCUT2D eigenvalue weighted by Gasteiger charge is -2.18. The van der Waals surface area contributed by atoms with Crippen molar-refractivity contribution < 1.29 is 38.2 Å². The van der Waals surface area contributed by atoms with Crippen molar-refractivity contribution in [3.63, 3.8) is 0 Å². The highest BCUT2D eigenvalue weighted by Gasteiger charge is 2.27. The maximum Gasteiger partial charge on any atom is 0.341 e. The monoisotopic (exact) mass is 705 g/mol. The van der Waals surface area contributed by atoms with Crippen LogP contribution in [0.5, 0.6) is 0 Å². The smallest absolute Gasteiger partial charge is 0.341 e. The SMILES string of the molecule is CN(C)CCCCCC(=O)Nc1cnc(-c2ccc(F)cc2)n(CC(=O)N[C@@H](CC(=O)O)C(=O)COC(=O)c2c(Cl)cccc2Cl)c1=O. The molecule has 0 saturated heterocycles. The van der Waals surface area contributed by atoms with Crippen molar-refractivity contribution in [2.75, 3.05) is 32.6 Å². The van der Waals surface area contributed by atoms with Gasteiger partial charge in [-0.1, -0.05) is 35.7 Å². The number of halogens is 3. The number of benzene rings is 2. The van der Waals surface area contributed by atoms with Gasteiger partial charge in [-0.15, -0.1) is 0 Å². The molecule has 0 aliphatic carbocycles. The van der Waals surface area contributed by atoms with E-state index in [4.69, 9.17) is 27.9 Å². The van der Waals surface area contributed by atoms with Gasteiger partial charge in [0.1, 0.15) is 29.9 Å². The van der Waals surface area contributed by atoms with Gasteiger partial charge in [-0.25, -0.2) is 14.2 Å². The molecule has 0 aliphatic rings. The number of nitrogens with one attached hydrogen (secondary N) is 2. The second kappa shape index (κ2) is 18.0. The fourth-order valence-electron chi connectivity index (χ4n) is 4.46. The molecule has 0 saturated carbocycles. The Hall–Kier alpha value is -4.66. The molecule has 0 spiro atoms. The average molecular weight is 707 g/mol. The summed E-state index contributed by atoms with van der Waals surface area (Å²) in [7, 11) is 3.89. The topological polar surface area (TPSA) is 177 Å². The highest BCUT2D eigenvalue weighted by Crippen LogP contribution is 2.25. The summed E-state index contributed by atoms with van der Waals surface area (Å²) in [5.74, 6) is -5.52. The van der Waals surface area contributed by atoms with Crippen LogP contribution in [0.2, 0.25) is 10.0 Å². The first-order valence-electron chi connectivity index (χ1n) is 14.7. The minimum atomic E-state index is -1.67. The number of hydrogen-bond acceptors (Lipinski definition) is 9. The number of rotatable bonds is 17. The van der Waals surface area contributed by atoms with Crippen molar-refractivity contribution in [3.05, 3.63) is 80.4 Å². The standard InChI is InChI=1S/C32H34Cl2FN5O8/c1-39(2)14-5-3-4-9-26(42)38-24-16-36-30(19-10-12-20(35)13-11-19)40(31(24)46)17-27(43)37-23(15-28(44)45)25(41)18-48-32(47)29-21(33)7-6-8-22(29)34/h6-8,10-13,16,23H,3-5,9,14-15,17-18H2,1-2H3,(H,37,43)(H,38,42)(H,44,45)/t23-/m0/s1. The fourth-order valence-corrected chi connectivity index (χ4v) is 5.01. The van der Waals surface area contributed by atoms with E-state index in [0.717, 1.165) is 42.3 Å². The number of esters is 1. The number of carboxylic acids is 1. The van der Waals surface area contributed by atoms with Crippen LogP contribution in [0.1, 0.15) is 42.5 Å². The van der Waals surface area contributed by atoms with Gasteiger partial charge in [0.15, 0.2) is 12.4 Å². The molecule has 0 unspecified atom stereocenters. The van der Waals surface area contributed by atoms with Crippen molar-refractivity contribution in [1.29, 1.82) is 0 Å². The molecule has 256 valence electrons. The van der Waals surface area contributed by atoms with Crippen LogP contribution in [0.25, 0.3) is 11.4 Å². The van der Waals surface area contributed by atoms with Gasteiger partial charge >= 0.3 is 11.9 Å². The molecule has 3 aromatic rings. The van der Waals surface area contributed by atoms with E-state index in [1.807, 2.05) is 19.0 Å². The molecule has 2 amide bonds. The molecule has 0 bridgehead atoms. The highest BCUT2D eigenvalue weighted by molar-refractivity contribution is 6.39. The van der Waals surface area contributed by atoms with Crippen LogP contribution in [0.4, 0.5) is 10.1 Å². The van der Waals surface area contributed by atoms with Gasteiger partial charge < -0.3 is 25.4 Å². The molecule has 0 aliphatic heterocycles. The van der Waals surface area contributed by atoms with Crippen molar-refractivity contribution in [2.24, 2.45) is 0 Å². The Morgan fingerprint density at radius 3 is 2.29 bits per heavy atom. The zero-order valence-corrected chi connectivity index (χ0v) is 27.6. The van der Waals surface area contributed by atoms with E-state index in [2.05, 4.69) is 15.6 Å². The van der Waals surface area contributed by atoms with E-state index >= 15 is 0 Å². The number of nitrogens with zero attached hydrogens (tertiary/aromatic N) is 3. The average Bonchev–Trinajstić information content (AvgIpc) is 3.01. The Kier molecular flexibility index (Phi) is 14.2. The number of anilines is 1. The lowest BCUT2D eigenvalue weighted by molar-refractivity contribution is -0.140. The van der Waals surface area contributed by atoms with E-state index in [1.165, 1.54) is 30.3 Å². The Morgan fingerprint density at radius 1 is 1.00 bits per heavy atom. The summed E-state index contributed by atoms with van der Waals surface area (Å²) in [6.45, 7) is -0.840. The first kappa shape index (κ1) is 37.8. The Balaban J connectivity index is 1.79. The summed E-state index contributed by atoms with van der Waals surface area (Å²) < 4.78 is 19.5. The Morgan fingerprint density at radius 2 is 1.67 bits per heavy atom. The maximum absolute atomic E-state index is 13.6. The van der Waals surface area contributed by atoms with Gasteiger partial charge in [-0.2, -0.15) is 0 Å². The molecule has 0 radical (unpaired) electrons. The second-order valence-corrected chi connectivity index (χ2v) is 11.7. The summed E-state index contributed by atoms with van der Waals surface area (Å²) >= 11 is 12.0. The van der Waals surface area contributed by atoms with E-state index in [-0.39, 0.29) is 39.1 Å². The van der Waals surface area contributed by atoms with Crippen LogP contribution in [-0.4, -0.2) is 82.4 Å². The molecule has 3 rings (SSSR count). The van der Waals surface area contributed by atoms with Crippen molar-refractivity contribution in [1.82, 2.24) is 19.8 Å². The van der Waals surface area contributed by atoms with Crippen LogP contribution in [-0.2, 0) is 30.5 Å². The normalized spacial score (nSPS) is 11.5. The summed E-state index contributed by atoms with van der Waals surface area (Å²) in [4.78, 5) is 82.5. The van der Waals surface area contributed by atoms with Gasteiger partial charge in [0, 0.05) is 12.0 Å². The van der Waals surface area contributed by atoms with Gasteiger partial charge in [-0.3, -0.25) is 28.5 Å². The van der Waals surface area contributed by atoms with E-state index < -0.39 is 66.5 Å². The summed E-state index contributed by atoms with van der Waals surface area (Å²) in [6, 6.07) is 7.48. The predicted octanol–water partition coefficient (Wildman–Crippen LogP) is 3.80. The second-order valence-electron chi connectivity index (χ2n) is 10.9. The van der Waals surface area contributed by atoms with Crippen LogP contribution < -0.4 is 16.2 Å². The Bertz CT molecular complexity index is 1700. The summed E-state index contributed by atoms with van der Waals surface area (Å²) in [5.41, 5.74) is -1.00. The number of carboxylic acid groups (broad SMARTS) is 1. The lowest BCUT2D eigenvalue weighted by Crippen LogP contribution is -2.46. The number of Topliss-reactive ketones (excluding diaryl/α,β-unsaturated/α-hetero) is 1. The third-order valence-electron chi connectivity index (χ3n) is 6.85. The molecule has 16 heteroatoms. The van der Waals surface area contributed by atoms with Crippen LogP contribution >= 0.6 is 23.2 Å². The molecular formula is C32H34Cl2FN5O8. The van der Waals surface area contributed by atoms with Crippen LogP contribution in [0.3, 0.4) is 0 Å². The number of ketones is 1. The van der Waals surface area contributed by atoms with Crippen molar-refractivity contribution in [2.45, 2.75) is 44.7 Å². The third kappa shape index (κ3) is 11.2. The number of carbonyl (C=O) groups is 5. The largest absolute Gasteiger partial charge is 0.481 e. The Labute approximate surface area is 285 Å². The van der Waals surface area contributed by atoms with Gasteiger partial charge in [-0.05, 0) is 69.9 Å². The van der Waals surface area contributed by atoms with E-state index in [1.54, 1.807) is 0 Å². The lowest BCUT2D eigenvalue weighted by atomic mass is 10.1. The zero-order chi connectivity index (χ0) is 35.4. The first-order valence-corrected chi connectivity index (χ1v) is 15.5. The molecule has 1 aromatic heterocycles. The first-order chi connectivity index (χ1) is 22.8. The van der Waals surface area contributed by atoms with Crippen LogP contribution in [0.15, 0.2) is 53.5 Å². The van der Waals surface area contributed by atoms with Gasteiger partial charge in [0.05, 0.1) is 28.2 Å². The molecule has 1 atom stereocenters. The molecule has 13 nitrogen and oxygen atoms in total. The minimum Gasteiger partial charge on any atom is -0.481 e. The zero-order valence-electron chi connectivity index (χ0n) is 26.1. The molecule has 48 heavy (non-hydrogen) atoms. The number of hydrogen-bond donors (Lipinski definition) is 3. The molecule has 3 N–H and O–H groups in total. The maximum atomic E-state index is 13.6. The van der Waals surface area contributed by atoms with Crippen LogP contribution in [0, 0.1) is 5.82 Å². The minimum absolute atomic E-state index is 0.0372. The van der Waals surface area contributed by atoms with Crippen molar-refractivity contribution in [3.8, 4) is 11.4 Å².